The van der Waals surface area contributed by atoms with E-state index in [0.29, 0.717) is 19.4 Å². The second kappa shape index (κ2) is 8.16. The van der Waals surface area contributed by atoms with Gasteiger partial charge < -0.3 is 20.8 Å². The predicted octanol–water partition coefficient (Wildman–Crippen LogP) is 0.504. The van der Waals surface area contributed by atoms with Crippen LogP contribution in [0.15, 0.2) is 24.3 Å². The molecule has 1 rings (SSSR count). The van der Waals surface area contributed by atoms with Crippen LogP contribution in [0.1, 0.15) is 18.4 Å². The van der Waals surface area contributed by atoms with E-state index in [1.165, 1.54) is 12.1 Å². The maximum absolute atomic E-state index is 11.6. The molecule has 0 aromatic heterocycles. The van der Waals surface area contributed by atoms with Crippen LogP contribution in [0.5, 0.6) is 5.75 Å². The summed E-state index contributed by atoms with van der Waals surface area (Å²) in [5, 5.41) is 23.7. The van der Waals surface area contributed by atoms with Gasteiger partial charge in [-0.2, -0.15) is 0 Å². The number of carbonyl (C=O) groups is 2. The fourth-order valence-electron chi connectivity index (χ4n) is 1.76. The van der Waals surface area contributed by atoms with Crippen LogP contribution in [0.3, 0.4) is 0 Å². The van der Waals surface area contributed by atoms with E-state index in [9.17, 15) is 14.7 Å². The van der Waals surface area contributed by atoms with Gasteiger partial charge in [-0.05, 0) is 37.7 Å². The van der Waals surface area contributed by atoms with Gasteiger partial charge in [-0.3, -0.25) is 4.79 Å². The van der Waals surface area contributed by atoms with Crippen molar-refractivity contribution in [3.8, 4) is 5.75 Å². The molecule has 1 amide bonds. The Labute approximate surface area is 117 Å². The molecule has 20 heavy (non-hydrogen) atoms. The summed E-state index contributed by atoms with van der Waals surface area (Å²) in [5.41, 5.74) is 0.741. The Morgan fingerprint density at radius 2 is 1.90 bits per heavy atom. The number of phenolic OH excluding ortho intramolecular Hbond substituents is 1. The van der Waals surface area contributed by atoms with Crippen LogP contribution >= 0.6 is 0 Å². The Morgan fingerprint density at radius 1 is 1.25 bits per heavy atom. The molecule has 1 aromatic carbocycles. The molecule has 0 fully saturated rings. The van der Waals surface area contributed by atoms with Crippen molar-refractivity contribution in [2.75, 3.05) is 13.6 Å². The number of phenols is 1. The summed E-state index contributed by atoms with van der Waals surface area (Å²) in [6.45, 7) is 0.711. The zero-order chi connectivity index (χ0) is 15.0. The molecule has 0 radical (unpaired) electrons. The minimum absolute atomic E-state index is 0.122. The molecule has 110 valence electrons. The average Bonchev–Trinajstić information content (AvgIpc) is 2.40. The fourth-order valence-corrected chi connectivity index (χ4v) is 1.76. The summed E-state index contributed by atoms with van der Waals surface area (Å²) in [6, 6.07) is 5.30. The zero-order valence-electron chi connectivity index (χ0n) is 11.4. The lowest BCUT2D eigenvalue weighted by Crippen LogP contribution is -2.42. The van der Waals surface area contributed by atoms with Crippen LogP contribution in [0.25, 0.3) is 0 Å². The van der Waals surface area contributed by atoms with E-state index in [1.54, 1.807) is 19.2 Å². The highest BCUT2D eigenvalue weighted by Gasteiger charge is 2.20. The van der Waals surface area contributed by atoms with Crippen molar-refractivity contribution in [3.05, 3.63) is 29.8 Å². The lowest BCUT2D eigenvalue weighted by molar-refractivity contribution is -0.141. The number of aromatic hydroxyl groups is 1. The van der Waals surface area contributed by atoms with Gasteiger partial charge in [0.1, 0.15) is 11.8 Å². The molecule has 0 aliphatic rings. The number of carbonyl (C=O) groups excluding carboxylic acids is 1. The Hall–Kier alpha value is -2.08. The number of carboxylic acids is 1. The summed E-state index contributed by atoms with van der Waals surface area (Å²) in [6.07, 6.45) is 1.14. The van der Waals surface area contributed by atoms with Gasteiger partial charge in [-0.25, -0.2) is 4.79 Å². The molecule has 0 aliphatic heterocycles. The van der Waals surface area contributed by atoms with Crippen molar-refractivity contribution >= 4 is 11.9 Å². The molecule has 0 heterocycles. The summed E-state index contributed by atoms with van der Waals surface area (Å²) in [5.74, 6) is -1.22. The van der Waals surface area contributed by atoms with E-state index >= 15 is 0 Å². The molecule has 0 saturated carbocycles. The molecule has 4 N–H and O–H groups in total. The zero-order valence-corrected chi connectivity index (χ0v) is 11.4. The first-order valence-electron chi connectivity index (χ1n) is 6.47. The van der Waals surface area contributed by atoms with Crippen LogP contribution in [0, 0.1) is 0 Å². The molecule has 0 spiro atoms. The van der Waals surface area contributed by atoms with Crippen molar-refractivity contribution in [2.24, 2.45) is 0 Å². The molecule has 0 saturated heterocycles. The number of aliphatic carboxylic acids is 1. The van der Waals surface area contributed by atoms with Gasteiger partial charge in [0.05, 0.1) is 0 Å². The van der Waals surface area contributed by atoms with E-state index < -0.39 is 12.0 Å². The lowest BCUT2D eigenvalue weighted by Gasteiger charge is -2.14. The molecule has 0 aliphatic carbocycles. The van der Waals surface area contributed by atoms with Gasteiger partial charge >= 0.3 is 5.97 Å². The highest BCUT2D eigenvalue weighted by atomic mass is 16.4. The number of rotatable bonds is 8. The van der Waals surface area contributed by atoms with Gasteiger partial charge in [-0.1, -0.05) is 12.1 Å². The maximum Gasteiger partial charge on any atom is 0.326 e. The topological polar surface area (TPSA) is 98.7 Å². The Bertz CT molecular complexity index is 445. The van der Waals surface area contributed by atoms with Gasteiger partial charge in [-0.15, -0.1) is 0 Å². The third-order valence-corrected chi connectivity index (χ3v) is 2.84. The first-order chi connectivity index (χ1) is 9.52. The molecule has 1 aromatic rings. The predicted molar refractivity (Wildman–Crippen MR) is 74.5 cm³/mol. The van der Waals surface area contributed by atoms with E-state index in [1.807, 2.05) is 0 Å². The van der Waals surface area contributed by atoms with Gasteiger partial charge in [0.2, 0.25) is 5.91 Å². The van der Waals surface area contributed by atoms with Crippen molar-refractivity contribution in [3.63, 3.8) is 0 Å². The number of benzene rings is 1. The number of carboxylic acid groups (broad SMARTS) is 1. The summed E-state index contributed by atoms with van der Waals surface area (Å²) in [4.78, 5) is 22.8. The molecular formula is C14H20N2O4. The van der Waals surface area contributed by atoms with Gasteiger partial charge in [0.15, 0.2) is 0 Å². The summed E-state index contributed by atoms with van der Waals surface area (Å²) >= 11 is 0. The Morgan fingerprint density at radius 3 is 2.45 bits per heavy atom. The summed E-state index contributed by atoms with van der Waals surface area (Å²) < 4.78 is 0. The van der Waals surface area contributed by atoms with Crippen LogP contribution in [0.4, 0.5) is 0 Å². The number of amides is 1. The standard InChI is InChI=1S/C14H20N2O4/c1-15-8-2-3-13(18)16-12(14(19)20)9-10-4-6-11(17)7-5-10/h4-7,12,15,17H,2-3,8-9H2,1H3,(H,16,18)(H,19,20). The number of hydrogen-bond acceptors (Lipinski definition) is 4. The Kier molecular flexibility index (Phi) is 6.52. The molecular weight excluding hydrogens is 260 g/mol. The monoisotopic (exact) mass is 280 g/mol. The smallest absolute Gasteiger partial charge is 0.326 e. The molecule has 6 heteroatoms. The van der Waals surface area contributed by atoms with E-state index in [4.69, 9.17) is 5.11 Å². The highest BCUT2D eigenvalue weighted by molar-refractivity contribution is 5.83. The Balaban J connectivity index is 2.54. The minimum atomic E-state index is -1.07. The third-order valence-electron chi connectivity index (χ3n) is 2.84. The van der Waals surface area contributed by atoms with Crippen LogP contribution < -0.4 is 10.6 Å². The lowest BCUT2D eigenvalue weighted by atomic mass is 10.1. The van der Waals surface area contributed by atoms with Crippen molar-refractivity contribution in [1.82, 2.24) is 10.6 Å². The second-order valence-corrected chi connectivity index (χ2v) is 4.54. The first-order valence-corrected chi connectivity index (χ1v) is 6.47. The molecule has 0 bridgehead atoms. The molecule has 6 nitrogen and oxygen atoms in total. The van der Waals surface area contributed by atoms with Crippen LogP contribution in [0.2, 0.25) is 0 Å². The first kappa shape index (κ1) is 16.0. The SMILES string of the molecule is CNCCCC(=O)NC(Cc1ccc(O)cc1)C(=O)O. The van der Waals surface area contributed by atoms with Gasteiger partial charge in [0, 0.05) is 12.8 Å². The average molecular weight is 280 g/mol. The van der Waals surface area contributed by atoms with Crippen LogP contribution in [-0.2, 0) is 16.0 Å². The third kappa shape index (κ3) is 5.71. The van der Waals surface area contributed by atoms with Crippen molar-refractivity contribution in [2.45, 2.75) is 25.3 Å². The quantitative estimate of drug-likeness (QED) is 0.520. The molecule has 1 unspecified atom stereocenters. The second-order valence-electron chi connectivity index (χ2n) is 4.54. The highest BCUT2D eigenvalue weighted by Crippen LogP contribution is 2.11. The number of hydrogen-bond donors (Lipinski definition) is 4. The van der Waals surface area contributed by atoms with Crippen molar-refractivity contribution < 1.29 is 19.8 Å². The van der Waals surface area contributed by atoms with E-state index in [0.717, 1.165) is 5.56 Å². The minimum Gasteiger partial charge on any atom is -0.508 e. The summed E-state index contributed by atoms with van der Waals surface area (Å²) in [7, 11) is 1.79. The maximum atomic E-state index is 11.6. The van der Waals surface area contributed by atoms with E-state index in [2.05, 4.69) is 10.6 Å². The van der Waals surface area contributed by atoms with E-state index in [-0.39, 0.29) is 18.1 Å². The molecule has 1 atom stereocenters. The largest absolute Gasteiger partial charge is 0.508 e. The van der Waals surface area contributed by atoms with Crippen LogP contribution in [-0.4, -0.2) is 41.7 Å². The van der Waals surface area contributed by atoms with Gasteiger partial charge in [0.25, 0.3) is 0 Å². The fraction of sp³-hybridized carbons (Fsp3) is 0.429. The normalized spacial score (nSPS) is 11.8. The van der Waals surface area contributed by atoms with Crippen molar-refractivity contribution in [1.29, 1.82) is 0 Å². The number of nitrogens with one attached hydrogen (secondary N) is 2.